The second-order valence-electron chi connectivity index (χ2n) is 6.79. The SMILES string of the molecule is CCOc1cccc2sc(N(Cc3cccnc3)C(=O)CCOc3ccccc3)nc12. The third-order valence-electron chi connectivity index (χ3n) is 4.59. The molecule has 0 aliphatic heterocycles. The van der Waals surface area contributed by atoms with Crippen molar-refractivity contribution in [3.05, 3.63) is 78.6 Å². The fourth-order valence-electron chi connectivity index (χ4n) is 3.14. The summed E-state index contributed by atoms with van der Waals surface area (Å²) in [6, 6.07) is 19.1. The van der Waals surface area contributed by atoms with Gasteiger partial charge in [-0.1, -0.05) is 41.7 Å². The van der Waals surface area contributed by atoms with E-state index in [-0.39, 0.29) is 12.3 Å². The largest absolute Gasteiger partial charge is 0.493 e. The van der Waals surface area contributed by atoms with E-state index in [4.69, 9.17) is 14.5 Å². The molecular weight excluding hydrogens is 410 g/mol. The lowest BCUT2D eigenvalue weighted by Crippen LogP contribution is -2.31. The quantitative estimate of drug-likeness (QED) is 0.368. The number of hydrogen-bond acceptors (Lipinski definition) is 6. The van der Waals surface area contributed by atoms with Crippen LogP contribution in [0.5, 0.6) is 11.5 Å². The van der Waals surface area contributed by atoms with E-state index in [1.54, 1.807) is 17.3 Å². The highest BCUT2D eigenvalue weighted by Crippen LogP contribution is 2.35. The van der Waals surface area contributed by atoms with E-state index in [0.717, 1.165) is 27.3 Å². The van der Waals surface area contributed by atoms with Crippen molar-refractivity contribution >= 4 is 32.6 Å². The van der Waals surface area contributed by atoms with Gasteiger partial charge in [-0.2, -0.15) is 0 Å². The van der Waals surface area contributed by atoms with E-state index >= 15 is 0 Å². The van der Waals surface area contributed by atoms with Crippen molar-refractivity contribution in [1.82, 2.24) is 9.97 Å². The number of anilines is 1. The van der Waals surface area contributed by atoms with Crippen molar-refractivity contribution in [3.8, 4) is 11.5 Å². The van der Waals surface area contributed by atoms with Crippen LogP contribution < -0.4 is 14.4 Å². The van der Waals surface area contributed by atoms with Gasteiger partial charge in [0.05, 0.1) is 30.9 Å². The second kappa shape index (κ2) is 10.0. The first kappa shape index (κ1) is 20.8. The molecule has 0 aliphatic carbocycles. The summed E-state index contributed by atoms with van der Waals surface area (Å²) in [7, 11) is 0. The van der Waals surface area contributed by atoms with Crippen LogP contribution in [-0.4, -0.2) is 29.1 Å². The lowest BCUT2D eigenvalue weighted by molar-refractivity contribution is -0.119. The lowest BCUT2D eigenvalue weighted by Gasteiger charge is -2.20. The average molecular weight is 434 g/mol. The Morgan fingerprint density at radius 2 is 1.90 bits per heavy atom. The van der Waals surface area contributed by atoms with E-state index in [9.17, 15) is 4.79 Å². The van der Waals surface area contributed by atoms with Gasteiger partial charge < -0.3 is 9.47 Å². The van der Waals surface area contributed by atoms with Crippen LogP contribution in [0, 0.1) is 0 Å². The van der Waals surface area contributed by atoms with Crippen molar-refractivity contribution in [2.24, 2.45) is 0 Å². The zero-order chi connectivity index (χ0) is 21.5. The molecule has 4 rings (SSSR count). The van der Waals surface area contributed by atoms with Crippen LogP contribution >= 0.6 is 11.3 Å². The summed E-state index contributed by atoms with van der Waals surface area (Å²) >= 11 is 1.48. The van der Waals surface area contributed by atoms with Gasteiger partial charge in [0, 0.05) is 12.4 Å². The second-order valence-corrected chi connectivity index (χ2v) is 7.79. The number of pyridine rings is 1. The molecule has 0 radical (unpaired) electrons. The topological polar surface area (TPSA) is 64.5 Å². The van der Waals surface area contributed by atoms with Gasteiger partial charge in [0.15, 0.2) is 5.13 Å². The summed E-state index contributed by atoms with van der Waals surface area (Å²) in [5.74, 6) is 1.41. The van der Waals surface area contributed by atoms with Gasteiger partial charge in [-0.3, -0.25) is 14.7 Å². The van der Waals surface area contributed by atoms with Crippen LogP contribution in [0.15, 0.2) is 73.1 Å². The number of aromatic nitrogens is 2. The molecule has 31 heavy (non-hydrogen) atoms. The number of amides is 1. The molecule has 4 aromatic rings. The number of carbonyl (C=O) groups excluding carboxylic acids is 1. The van der Waals surface area contributed by atoms with E-state index < -0.39 is 0 Å². The molecular formula is C24H23N3O3S. The molecule has 0 spiro atoms. The minimum atomic E-state index is -0.0585. The Kier molecular flexibility index (Phi) is 6.74. The molecule has 0 N–H and O–H groups in total. The van der Waals surface area contributed by atoms with Crippen LogP contribution in [0.2, 0.25) is 0 Å². The predicted octanol–water partition coefficient (Wildman–Crippen LogP) is 5.09. The Labute approximate surface area is 185 Å². The van der Waals surface area contributed by atoms with Gasteiger partial charge in [0.25, 0.3) is 0 Å². The van der Waals surface area contributed by atoms with E-state index in [0.29, 0.717) is 24.9 Å². The van der Waals surface area contributed by atoms with Gasteiger partial charge >= 0.3 is 0 Å². The number of benzene rings is 2. The zero-order valence-electron chi connectivity index (χ0n) is 17.2. The van der Waals surface area contributed by atoms with Crippen molar-refractivity contribution in [2.45, 2.75) is 19.9 Å². The number of carbonyl (C=O) groups is 1. The van der Waals surface area contributed by atoms with Crippen molar-refractivity contribution in [3.63, 3.8) is 0 Å². The number of rotatable bonds is 9. The van der Waals surface area contributed by atoms with Gasteiger partial charge in [0.2, 0.25) is 5.91 Å². The maximum absolute atomic E-state index is 13.2. The summed E-state index contributed by atoms with van der Waals surface area (Å²) in [5.41, 5.74) is 1.71. The molecule has 6 nitrogen and oxygen atoms in total. The monoisotopic (exact) mass is 433 g/mol. The molecule has 2 aromatic heterocycles. The standard InChI is InChI=1S/C24H23N3O3S/c1-2-29-20-11-6-12-21-23(20)26-24(31-21)27(17-18-8-7-14-25-16-18)22(28)13-15-30-19-9-4-3-5-10-19/h3-12,14,16H,2,13,15,17H2,1H3. The molecule has 0 fully saturated rings. The number of ether oxygens (including phenoxy) is 2. The molecule has 7 heteroatoms. The van der Waals surface area contributed by atoms with Crippen LogP contribution in [-0.2, 0) is 11.3 Å². The van der Waals surface area contributed by atoms with Crippen LogP contribution in [0.1, 0.15) is 18.9 Å². The summed E-state index contributed by atoms with van der Waals surface area (Å²) in [6.07, 6.45) is 3.72. The minimum absolute atomic E-state index is 0.0585. The molecule has 2 heterocycles. The van der Waals surface area contributed by atoms with Gasteiger partial charge in [-0.05, 0) is 42.8 Å². The maximum atomic E-state index is 13.2. The molecule has 0 unspecified atom stereocenters. The number of para-hydroxylation sites is 2. The highest BCUT2D eigenvalue weighted by Gasteiger charge is 2.21. The minimum Gasteiger partial charge on any atom is -0.493 e. The zero-order valence-corrected chi connectivity index (χ0v) is 18.0. The van der Waals surface area contributed by atoms with Crippen molar-refractivity contribution in [1.29, 1.82) is 0 Å². The number of hydrogen-bond donors (Lipinski definition) is 0. The fourth-order valence-corrected chi connectivity index (χ4v) is 4.14. The number of fused-ring (bicyclic) bond motifs is 1. The van der Waals surface area contributed by atoms with Gasteiger partial charge in [-0.25, -0.2) is 4.98 Å². The molecule has 0 bridgehead atoms. The fraction of sp³-hybridized carbons (Fsp3) is 0.208. The van der Waals surface area contributed by atoms with Gasteiger partial charge in [-0.15, -0.1) is 0 Å². The van der Waals surface area contributed by atoms with Crippen molar-refractivity contribution < 1.29 is 14.3 Å². The predicted molar refractivity (Wildman–Crippen MR) is 123 cm³/mol. The molecule has 0 saturated carbocycles. The first-order valence-corrected chi connectivity index (χ1v) is 11.0. The van der Waals surface area contributed by atoms with Crippen LogP contribution in [0.4, 0.5) is 5.13 Å². The highest BCUT2D eigenvalue weighted by atomic mass is 32.1. The molecule has 0 aliphatic rings. The number of nitrogens with zero attached hydrogens (tertiary/aromatic N) is 3. The molecule has 158 valence electrons. The summed E-state index contributed by atoms with van der Waals surface area (Å²) in [6.45, 7) is 3.18. The summed E-state index contributed by atoms with van der Waals surface area (Å²) in [4.78, 5) is 23.8. The normalized spacial score (nSPS) is 10.7. The molecule has 1 amide bonds. The first-order chi connectivity index (χ1) is 15.2. The Balaban J connectivity index is 1.57. The average Bonchev–Trinajstić information content (AvgIpc) is 3.24. The smallest absolute Gasteiger partial charge is 0.232 e. The van der Waals surface area contributed by atoms with Crippen LogP contribution in [0.25, 0.3) is 10.2 Å². The molecule has 0 atom stereocenters. The summed E-state index contributed by atoms with van der Waals surface area (Å²) < 4.78 is 12.4. The van der Waals surface area contributed by atoms with Gasteiger partial charge in [0.1, 0.15) is 17.0 Å². The first-order valence-electron chi connectivity index (χ1n) is 10.1. The highest BCUT2D eigenvalue weighted by molar-refractivity contribution is 7.22. The van der Waals surface area contributed by atoms with E-state index in [1.807, 2.05) is 67.6 Å². The Morgan fingerprint density at radius 3 is 2.68 bits per heavy atom. The number of thiazole rings is 1. The van der Waals surface area contributed by atoms with Crippen molar-refractivity contribution in [2.75, 3.05) is 18.1 Å². The lowest BCUT2D eigenvalue weighted by atomic mass is 10.2. The van der Waals surface area contributed by atoms with E-state index in [2.05, 4.69) is 4.98 Å². The van der Waals surface area contributed by atoms with Crippen LogP contribution in [0.3, 0.4) is 0 Å². The third-order valence-corrected chi connectivity index (χ3v) is 5.64. The Bertz CT molecular complexity index is 1130. The Morgan fingerprint density at radius 1 is 1.03 bits per heavy atom. The summed E-state index contributed by atoms with van der Waals surface area (Å²) in [5, 5.41) is 0.635. The van der Waals surface area contributed by atoms with E-state index in [1.165, 1.54) is 11.3 Å². The molecule has 2 aromatic carbocycles. The maximum Gasteiger partial charge on any atom is 0.232 e. The molecule has 0 saturated heterocycles. The Hall–Kier alpha value is -3.45. The third kappa shape index (κ3) is 5.19.